The number of carbonyl (C=O) groups is 1. The molecule has 1 aliphatic rings. The fourth-order valence-electron chi connectivity index (χ4n) is 2.79. The lowest BCUT2D eigenvalue weighted by atomic mass is 10.1. The van der Waals surface area contributed by atoms with Crippen molar-refractivity contribution in [1.82, 2.24) is 20.0 Å². The SMILES string of the molecule is COc1ccc(-c2ccc(=O)n(CC(=O)Nc3nnc(C4CC4)s3)n2)cc1OC. The van der Waals surface area contributed by atoms with Crippen molar-refractivity contribution in [3.63, 3.8) is 0 Å². The summed E-state index contributed by atoms with van der Waals surface area (Å²) in [6, 6.07) is 8.30. The van der Waals surface area contributed by atoms with Crippen LogP contribution in [-0.4, -0.2) is 40.1 Å². The van der Waals surface area contributed by atoms with Crippen molar-refractivity contribution in [3.05, 3.63) is 45.7 Å². The summed E-state index contributed by atoms with van der Waals surface area (Å²) in [4.78, 5) is 24.5. The van der Waals surface area contributed by atoms with Crippen molar-refractivity contribution >= 4 is 22.4 Å². The van der Waals surface area contributed by atoms with E-state index in [2.05, 4.69) is 20.6 Å². The van der Waals surface area contributed by atoms with Gasteiger partial charge in [0.1, 0.15) is 11.6 Å². The molecule has 1 aliphatic carbocycles. The van der Waals surface area contributed by atoms with E-state index in [1.807, 2.05) is 0 Å². The second kappa shape index (κ2) is 8.00. The molecule has 0 spiro atoms. The van der Waals surface area contributed by atoms with E-state index in [9.17, 15) is 9.59 Å². The number of methoxy groups -OCH3 is 2. The third kappa shape index (κ3) is 4.27. The van der Waals surface area contributed by atoms with Crippen LogP contribution in [0.15, 0.2) is 35.1 Å². The molecule has 0 atom stereocenters. The van der Waals surface area contributed by atoms with Crippen molar-refractivity contribution in [2.75, 3.05) is 19.5 Å². The Morgan fingerprint density at radius 2 is 1.97 bits per heavy atom. The Hall–Kier alpha value is -3.27. The molecule has 1 N–H and O–H groups in total. The molecule has 1 saturated carbocycles. The van der Waals surface area contributed by atoms with Gasteiger partial charge < -0.3 is 9.47 Å². The molecule has 3 aromatic rings. The van der Waals surface area contributed by atoms with Gasteiger partial charge in [-0.1, -0.05) is 11.3 Å². The zero-order chi connectivity index (χ0) is 20.4. The molecule has 2 heterocycles. The molecule has 0 bridgehead atoms. The maximum atomic E-state index is 12.4. The van der Waals surface area contributed by atoms with Gasteiger partial charge in [-0.15, -0.1) is 10.2 Å². The number of hydrogen-bond donors (Lipinski definition) is 1. The van der Waals surface area contributed by atoms with E-state index in [0.717, 1.165) is 28.1 Å². The van der Waals surface area contributed by atoms with Crippen LogP contribution >= 0.6 is 11.3 Å². The van der Waals surface area contributed by atoms with Crippen LogP contribution in [0, 0.1) is 0 Å². The minimum absolute atomic E-state index is 0.224. The second-order valence-corrected chi connectivity index (χ2v) is 7.56. The van der Waals surface area contributed by atoms with E-state index in [1.165, 1.54) is 17.4 Å². The topological polar surface area (TPSA) is 108 Å². The molecule has 0 saturated heterocycles. The zero-order valence-corrected chi connectivity index (χ0v) is 16.7. The normalized spacial score (nSPS) is 13.2. The smallest absolute Gasteiger partial charge is 0.267 e. The lowest BCUT2D eigenvalue weighted by Crippen LogP contribution is -2.29. The molecule has 10 heteroatoms. The first-order valence-corrected chi connectivity index (χ1v) is 9.83. The number of carbonyl (C=O) groups excluding carboxylic acids is 1. The number of rotatable bonds is 7. The number of anilines is 1. The third-order valence-electron chi connectivity index (χ3n) is 4.45. The van der Waals surface area contributed by atoms with Gasteiger partial charge in [-0.25, -0.2) is 4.68 Å². The summed E-state index contributed by atoms with van der Waals surface area (Å²) in [7, 11) is 3.10. The maximum absolute atomic E-state index is 12.4. The fourth-order valence-corrected chi connectivity index (χ4v) is 3.72. The quantitative estimate of drug-likeness (QED) is 0.633. The molecule has 1 fully saturated rings. The van der Waals surface area contributed by atoms with Crippen molar-refractivity contribution in [3.8, 4) is 22.8 Å². The third-order valence-corrected chi connectivity index (χ3v) is 5.45. The number of benzene rings is 1. The summed E-state index contributed by atoms with van der Waals surface area (Å²) in [6.07, 6.45) is 2.23. The highest BCUT2D eigenvalue weighted by Gasteiger charge is 2.27. The van der Waals surface area contributed by atoms with E-state index >= 15 is 0 Å². The van der Waals surface area contributed by atoms with Gasteiger partial charge in [0.05, 0.1) is 19.9 Å². The van der Waals surface area contributed by atoms with Gasteiger partial charge in [-0.2, -0.15) is 5.10 Å². The molecule has 4 rings (SSSR count). The highest BCUT2D eigenvalue weighted by molar-refractivity contribution is 7.15. The number of nitrogens with zero attached hydrogens (tertiary/aromatic N) is 4. The molecule has 0 radical (unpaired) electrons. The van der Waals surface area contributed by atoms with Gasteiger partial charge in [0.2, 0.25) is 11.0 Å². The number of ether oxygens (including phenoxy) is 2. The Balaban J connectivity index is 1.51. The number of amides is 1. The molecule has 2 aromatic heterocycles. The monoisotopic (exact) mass is 413 g/mol. The van der Waals surface area contributed by atoms with E-state index < -0.39 is 0 Å². The summed E-state index contributed by atoms with van der Waals surface area (Å²) in [5.41, 5.74) is 0.889. The predicted octanol–water partition coefficient (Wildman–Crippen LogP) is 2.30. The van der Waals surface area contributed by atoms with Crippen molar-refractivity contribution < 1.29 is 14.3 Å². The number of aromatic nitrogens is 4. The predicted molar refractivity (Wildman–Crippen MR) is 108 cm³/mol. The summed E-state index contributed by atoms with van der Waals surface area (Å²) >= 11 is 1.37. The Bertz CT molecular complexity index is 1110. The van der Waals surface area contributed by atoms with Crippen LogP contribution in [0.5, 0.6) is 11.5 Å². The van der Waals surface area contributed by atoms with Crippen molar-refractivity contribution in [1.29, 1.82) is 0 Å². The van der Waals surface area contributed by atoms with Crippen molar-refractivity contribution in [2.45, 2.75) is 25.3 Å². The molecular weight excluding hydrogens is 394 g/mol. The van der Waals surface area contributed by atoms with Crippen LogP contribution in [-0.2, 0) is 11.3 Å². The number of nitrogens with one attached hydrogen (secondary N) is 1. The molecule has 150 valence electrons. The Morgan fingerprint density at radius 3 is 2.69 bits per heavy atom. The Kier molecular flexibility index (Phi) is 5.26. The van der Waals surface area contributed by atoms with Crippen LogP contribution in [0.1, 0.15) is 23.8 Å². The lowest BCUT2D eigenvalue weighted by molar-refractivity contribution is -0.117. The first-order valence-electron chi connectivity index (χ1n) is 9.01. The van der Waals surface area contributed by atoms with Gasteiger partial charge in [0.25, 0.3) is 5.56 Å². The average molecular weight is 413 g/mol. The first-order chi connectivity index (χ1) is 14.1. The van der Waals surface area contributed by atoms with Crippen LogP contribution in [0.3, 0.4) is 0 Å². The van der Waals surface area contributed by atoms with Crippen LogP contribution in [0.4, 0.5) is 5.13 Å². The summed E-state index contributed by atoms with van der Waals surface area (Å²) < 4.78 is 11.7. The minimum atomic E-state index is -0.387. The van der Waals surface area contributed by atoms with E-state index in [0.29, 0.717) is 28.2 Å². The molecule has 1 aromatic carbocycles. The first kappa shape index (κ1) is 19.1. The van der Waals surface area contributed by atoms with Gasteiger partial charge in [0.15, 0.2) is 11.5 Å². The Labute approximate surface area is 170 Å². The van der Waals surface area contributed by atoms with E-state index in [4.69, 9.17) is 9.47 Å². The minimum Gasteiger partial charge on any atom is -0.493 e. The van der Waals surface area contributed by atoms with E-state index in [1.54, 1.807) is 38.5 Å². The van der Waals surface area contributed by atoms with Crippen LogP contribution in [0.25, 0.3) is 11.3 Å². The van der Waals surface area contributed by atoms with Crippen LogP contribution < -0.4 is 20.3 Å². The van der Waals surface area contributed by atoms with E-state index in [-0.39, 0.29) is 18.0 Å². The standard InChI is InChI=1S/C19H19N5O4S/c1-27-14-7-5-12(9-15(14)28-2)13-6-8-17(26)24(23-13)10-16(25)20-19-22-21-18(29-19)11-3-4-11/h5-9,11H,3-4,10H2,1-2H3,(H,20,22,25). The fraction of sp³-hybridized carbons (Fsp3) is 0.316. The Morgan fingerprint density at radius 1 is 1.17 bits per heavy atom. The molecule has 0 unspecified atom stereocenters. The second-order valence-electron chi connectivity index (χ2n) is 6.55. The number of hydrogen-bond acceptors (Lipinski definition) is 8. The summed E-state index contributed by atoms with van der Waals surface area (Å²) in [5, 5.41) is 16.4. The van der Waals surface area contributed by atoms with Gasteiger partial charge in [-0.05, 0) is 37.1 Å². The molecular formula is C19H19N5O4S. The molecule has 9 nitrogen and oxygen atoms in total. The zero-order valence-electron chi connectivity index (χ0n) is 15.9. The van der Waals surface area contributed by atoms with Crippen LogP contribution in [0.2, 0.25) is 0 Å². The molecule has 1 amide bonds. The van der Waals surface area contributed by atoms with Crippen molar-refractivity contribution in [2.24, 2.45) is 0 Å². The molecule has 29 heavy (non-hydrogen) atoms. The van der Waals surface area contributed by atoms with Gasteiger partial charge in [0, 0.05) is 17.5 Å². The van der Waals surface area contributed by atoms with Gasteiger partial charge in [-0.3, -0.25) is 14.9 Å². The summed E-state index contributed by atoms with van der Waals surface area (Å²) in [6.45, 7) is -0.224. The van der Waals surface area contributed by atoms with Gasteiger partial charge >= 0.3 is 0 Å². The lowest BCUT2D eigenvalue weighted by Gasteiger charge is -2.10. The largest absolute Gasteiger partial charge is 0.493 e. The molecule has 0 aliphatic heterocycles. The highest BCUT2D eigenvalue weighted by Crippen LogP contribution is 2.42. The maximum Gasteiger partial charge on any atom is 0.267 e. The summed E-state index contributed by atoms with van der Waals surface area (Å²) in [5.74, 6) is 1.22. The average Bonchev–Trinajstić information content (AvgIpc) is 3.48. The highest BCUT2D eigenvalue weighted by atomic mass is 32.1.